The summed E-state index contributed by atoms with van der Waals surface area (Å²) in [7, 11) is 2.01. The molecule has 8 heteroatoms. The van der Waals surface area contributed by atoms with Crippen molar-refractivity contribution in [2.24, 2.45) is 7.05 Å². The molecule has 1 fully saturated rings. The number of aryl methyl sites for hydroxylation is 1. The summed E-state index contributed by atoms with van der Waals surface area (Å²) in [5.74, 6) is 0.247. The number of nitrogens with one attached hydrogen (secondary N) is 1. The molecule has 1 N–H and O–H groups in total. The number of anilines is 1. The first kappa shape index (κ1) is 17.1. The van der Waals surface area contributed by atoms with Gasteiger partial charge in [-0.15, -0.1) is 10.2 Å². The smallest absolute Gasteiger partial charge is 0.240 e. The Hall–Kier alpha value is -1.77. The van der Waals surface area contributed by atoms with E-state index in [-0.39, 0.29) is 11.9 Å². The van der Waals surface area contributed by atoms with Crippen LogP contribution in [0, 0.1) is 0 Å². The van der Waals surface area contributed by atoms with Gasteiger partial charge in [0.05, 0.1) is 25.8 Å². The summed E-state index contributed by atoms with van der Waals surface area (Å²) in [6, 6.07) is 4.17. The van der Waals surface area contributed by atoms with Crippen molar-refractivity contribution in [3.05, 3.63) is 29.0 Å². The summed E-state index contributed by atoms with van der Waals surface area (Å²) in [6.07, 6.45) is 2.01. The molecule has 1 unspecified atom stereocenters. The molecule has 0 spiro atoms. The zero-order chi connectivity index (χ0) is 17.1. The largest absolute Gasteiger partial charge is 0.378 e. The third-order valence-electron chi connectivity index (χ3n) is 4.09. The molecule has 0 saturated carbocycles. The Morgan fingerprint density at radius 2 is 2.33 bits per heavy atom. The van der Waals surface area contributed by atoms with Gasteiger partial charge < -0.3 is 9.30 Å². The van der Waals surface area contributed by atoms with Crippen LogP contribution in [0.15, 0.2) is 18.3 Å². The highest BCUT2D eigenvalue weighted by atomic mass is 32.1. The zero-order valence-electron chi connectivity index (χ0n) is 14.2. The number of ether oxygens (including phenoxy) is 1. The third-order valence-corrected chi connectivity index (χ3v) is 5.23. The second-order valence-corrected chi connectivity index (χ2v) is 7.26. The van der Waals surface area contributed by atoms with Crippen molar-refractivity contribution < 1.29 is 9.53 Å². The number of hydrogen-bond acceptors (Lipinski definition) is 6. The molecule has 3 heterocycles. The van der Waals surface area contributed by atoms with Gasteiger partial charge in [-0.25, -0.2) is 0 Å². The highest BCUT2D eigenvalue weighted by Crippen LogP contribution is 2.25. The fourth-order valence-corrected chi connectivity index (χ4v) is 3.54. The molecule has 7 nitrogen and oxygen atoms in total. The molecular formula is C16H23N5O2S. The first-order valence-electron chi connectivity index (χ1n) is 8.11. The van der Waals surface area contributed by atoms with Crippen molar-refractivity contribution in [2.45, 2.75) is 25.8 Å². The van der Waals surface area contributed by atoms with Crippen LogP contribution in [-0.2, 0) is 16.6 Å². The van der Waals surface area contributed by atoms with Crippen LogP contribution in [0.3, 0.4) is 0 Å². The van der Waals surface area contributed by atoms with E-state index in [1.165, 1.54) is 11.3 Å². The van der Waals surface area contributed by atoms with Gasteiger partial charge in [-0.05, 0) is 12.1 Å². The molecule has 1 saturated heterocycles. The molecule has 0 radical (unpaired) electrons. The van der Waals surface area contributed by atoms with E-state index in [1.807, 2.05) is 19.3 Å². The molecule has 1 amide bonds. The predicted molar refractivity (Wildman–Crippen MR) is 93.2 cm³/mol. The lowest BCUT2D eigenvalue weighted by Gasteiger charge is -2.35. The van der Waals surface area contributed by atoms with E-state index in [2.05, 4.69) is 44.9 Å². The molecular weight excluding hydrogens is 326 g/mol. The second-order valence-electron chi connectivity index (χ2n) is 6.25. The van der Waals surface area contributed by atoms with Gasteiger partial charge in [-0.1, -0.05) is 25.2 Å². The number of nitrogens with zero attached hydrogens (tertiary/aromatic N) is 4. The topological polar surface area (TPSA) is 72.3 Å². The number of carbonyl (C=O) groups excluding carboxylic acids is 1. The van der Waals surface area contributed by atoms with Gasteiger partial charge in [0, 0.05) is 31.4 Å². The Morgan fingerprint density at radius 3 is 3.00 bits per heavy atom. The molecule has 24 heavy (non-hydrogen) atoms. The van der Waals surface area contributed by atoms with E-state index < -0.39 is 0 Å². The molecule has 1 atom stereocenters. The van der Waals surface area contributed by atoms with E-state index in [9.17, 15) is 4.79 Å². The summed E-state index contributed by atoms with van der Waals surface area (Å²) < 4.78 is 7.69. The molecule has 130 valence electrons. The SMILES string of the molecule is CC(C)c1nnc(NC(=O)CN2CCOCC2c2cccn2C)s1. The van der Waals surface area contributed by atoms with Crippen molar-refractivity contribution in [3.8, 4) is 0 Å². The van der Waals surface area contributed by atoms with Gasteiger partial charge in [0.1, 0.15) is 5.01 Å². The lowest BCUT2D eigenvalue weighted by atomic mass is 10.1. The molecule has 3 rings (SSSR count). The highest BCUT2D eigenvalue weighted by Gasteiger charge is 2.28. The number of amides is 1. The van der Waals surface area contributed by atoms with E-state index in [0.29, 0.717) is 30.8 Å². The Balaban J connectivity index is 1.64. The Labute approximate surface area is 145 Å². The van der Waals surface area contributed by atoms with Crippen LogP contribution in [0.2, 0.25) is 0 Å². The summed E-state index contributed by atoms with van der Waals surface area (Å²) in [5.41, 5.74) is 1.15. The first-order valence-corrected chi connectivity index (χ1v) is 8.92. The number of morpholine rings is 1. The fraction of sp³-hybridized carbons (Fsp3) is 0.562. The van der Waals surface area contributed by atoms with E-state index >= 15 is 0 Å². The predicted octanol–water partition coefficient (Wildman–Crippen LogP) is 2.01. The molecule has 0 aromatic carbocycles. The van der Waals surface area contributed by atoms with Gasteiger partial charge in [-0.3, -0.25) is 15.0 Å². The van der Waals surface area contributed by atoms with Crippen molar-refractivity contribution in [2.75, 3.05) is 31.6 Å². The minimum Gasteiger partial charge on any atom is -0.378 e. The van der Waals surface area contributed by atoms with E-state index in [0.717, 1.165) is 17.2 Å². The molecule has 1 aliphatic heterocycles. The lowest BCUT2D eigenvalue weighted by Crippen LogP contribution is -2.44. The van der Waals surface area contributed by atoms with Crippen molar-refractivity contribution in [1.82, 2.24) is 19.7 Å². The quantitative estimate of drug-likeness (QED) is 0.894. The Morgan fingerprint density at radius 1 is 1.50 bits per heavy atom. The minimum atomic E-state index is -0.0671. The lowest BCUT2D eigenvalue weighted by molar-refractivity contribution is -0.119. The first-order chi connectivity index (χ1) is 11.5. The van der Waals surface area contributed by atoms with Crippen molar-refractivity contribution in [3.63, 3.8) is 0 Å². The third kappa shape index (κ3) is 3.82. The monoisotopic (exact) mass is 349 g/mol. The van der Waals surface area contributed by atoms with E-state index in [4.69, 9.17) is 4.74 Å². The summed E-state index contributed by atoms with van der Waals surface area (Å²) in [6.45, 7) is 6.41. The van der Waals surface area contributed by atoms with Crippen LogP contribution in [0.25, 0.3) is 0 Å². The number of hydrogen-bond donors (Lipinski definition) is 1. The van der Waals surface area contributed by atoms with Crippen LogP contribution in [0.1, 0.15) is 36.5 Å². The van der Waals surface area contributed by atoms with Crippen molar-refractivity contribution >= 4 is 22.4 Å². The molecule has 1 aliphatic rings. The second kappa shape index (κ2) is 7.42. The highest BCUT2D eigenvalue weighted by molar-refractivity contribution is 7.15. The minimum absolute atomic E-state index is 0.0671. The van der Waals surface area contributed by atoms with Gasteiger partial charge in [0.25, 0.3) is 0 Å². The van der Waals surface area contributed by atoms with Gasteiger partial charge in [0.15, 0.2) is 0 Å². The maximum atomic E-state index is 12.4. The van der Waals surface area contributed by atoms with Crippen LogP contribution < -0.4 is 5.32 Å². The van der Waals surface area contributed by atoms with Gasteiger partial charge >= 0.3 is 0 Å². The summed E-state index contributed by atoms with van der Waals surface area (Å²) >= 11 is 1.43. The standard InChI is InChI=1S/C16H23N5O2S/c1-11(2)15-18-19-16(24-15)17-14(22)9-21-7-8-23-10-13(21)12-5-4-6-20(12)3/h4-6,11,13H,7-10H2,1-3H3,(H,17,19,22). The van der Waals surface area contributed by atoms with E-state index in [1.54, 1.807) is 0 Å². The average molecular weight is 349 g/mol. The number of rotatable bonds is 5. The molecule has 0 aliphatic carbocycles. The summed E-state index contributed by atoms with van der Waals surface area (Å²) in [5, 5.41) is 12.5. The Kier molecular flexibility index (Phi) is 5.27. The number of carbonyl (C=O) groups is 1. The van der Waals surface area contributed by atoms with Crippen LogP contribution in [-0.4, -0.2) is 51.9 Å². The zero-order valence-corrected chi connectivity index (χ0v) is 15.0. The molecule has 2 aromatic rings. The van der Waals surface area contributed by atoms with Crippen LogP contribution >= 0.6 is 11.3 Å². The summed E-state index contributed by atoms with van der Waals surface area (Å²) in [4.78, 5) is 14.5. The van der Waals surface area contributed by atoms with Crippen LogP contribution in [0.5, 0.6) is 0 Å². The Bertz CT molecular complexity index is 696. The molecule has 0 bridgehead atoms. The molecule has 2 aromatic heterocycles. The maximum absolute atomic E-state index is 12.4. The van der Waals surface area contributed by atoms with Gasteiger partial charge in [0.2, 0.25) is 11.0 Å². The number of aromatic nitrogens is 3. The van der Waals surface area contributed by atoms with Gasteiger partial charge in [-0.2, -0.15) is 0 Å². The van der Waals surface area contributed by atoms with Crippen LogP contribution in [0.4, 0.5) is 5.13 Å². The van der Waals surface area contributed by atoms with Crippen molar-refractivity contribution in [1.29, 1.82) is 0 Å². The normalized spacial score (nSPS) is 18.9. The average Bonchev–Trinajstić information content (AvgIpc) is 3.17. The maximum Gasteiger partial charge on any atom is 0.240 e. The fourth-order valence-electron chi connectivity index (χ4n) is 2.78.